The molecule has 0 aromatic heterocycles. The summed E-state index contributed by atoms with van der Waals surface area (Å²) in [6.07, 6.45) is 0.275. The summed E-state index contributed by atoms with van der Waals surface area (Å²) < 4.78 is 0. The van der Waals surface area contributed by atoms with E-state index in [-0.39, 0.29) is 17.5 Å². The SMILES string of the molecule is O=C([O-])CCS[C@@H](CC(=O)c1ccccc1)c1ccc(Cl)cc1. The van der Waals surface area contributed by atoms with Gasteiger partial charge < -0.3 is 9.90 Å². The lowest BCUT2D eigenvalue weighted by Crippen LogP contribution is -2.22. The van der Waals surface area contributed by atoms with Crippen molar-refractivity contribution in [3.05, 3.63) is 70.7 Å². The van der Waals surface area contributed by atoms with E-state index in [0.717, 1.165) is 5.56 Å². The van der Waals surface area contributed by atoms with Crippen LogP contribution < -0.4 is 5.11 Å². The quantitative estimate of drug-likeness (QED) is 0.685. The van der Waals surface area contributed by atoms with Crippen molar-refractivity contribution in [1.82, 2.24) is 0 Å². The van der Waals surface area contributed by atoms with Gasteiger partial charge in [-0.25, -0.2) is 0 Å². The summed E-state index contributed by atoms with van der Waals surface area (Å²) in [4.78, 5) is 23.0. The number of benzene rings is 2. The first kappa shape index (κ1) is 17.6. The summed E-state index contributed by atoms with van der Waals surface area (Å²) in [6.45, 7) is 0. The van der Waals surface area contributed by atoms with Crippen molar-refractivity contribution in [2.75, 3.05) is 5.75 Å². The lowest BCUT2D eigenvalue weighted by atomic mass is 10.0. The van der Waals surface area contributed by atoms with Crippen LogP contribution in [0.2, 0.25) is 5.02 Å². The molecule has 0 fully saturated rings. The fourth-order valence-electron chi connectivity index (χ4n) is 2.15. The summed E-state index contributed by atoms with van der Waals surface area (Å²) in [5.74, 6) is -0.647. The summed E-state index contributed by atoms with van der Waals surface area (Å²) in [6, 6.07) is 16.4. The summed E-state index contributed by atoms with van der Waals surface area (Å²) in [5.41, 5.74) is 1.62. The number of carboxylic acid groups (broad SMARTS) is 1. The molecule has 120 valence electrons. The predicted molar refractivity (Wildman–Crippen MR) is 91.7 cm³/mol. The van der Waals surface area contributed by atoms with Crippen LogP contribution in [0.1, 0.15) is 34.0 Å². The van der Waals surface area contributed by atoms with E-state index < -0.39 is 5.97 Å². The maximum absolute atomic E-state index is 12.4. The fourth-order valence-corrected chi connectivity index (χ4v) is 3.46. The Morgan fingerprint density at radius 3 is 2.30 bits per heavy atom. The molecule has 23 heavy (non-hydrogen) atoms. The second-order valence-corrected chi connectivity index (χ2v) is 6.77. The van der Waals surface area contributed by atoms with E-state index in [1.807, 2.05) is 30.3 Å². The van der Waals surface area contributed by atoms with Gasteiger partial charge in [-0.2, -0.15) is 11.8 Å². The molecule has 0 aliphatic heterocycles. The van der Waals surface area contributed by atoms with E-state index >= 15 is 0 Å². The van der Waals surface area contributed by atoms with Gasteiger partial charge in [0.05, 0.1) is 0 Å². The molecular weight excluding hydrogens is 332 g/mol. The third-order valence-electron chi connectivity index (χ3n) is 3.33. The summed E-state index contributed by atoms with van der Waals surface area (Å²) in [7, 11) is 0. The molecule has 1 atom stereocenters. The monoisotopic (exact) mass is 347 g/mol. The highest BCUT2D eigenvalue weighted by molar-refractivity contribution is 7.99. The third-order valence-corrected chi connectivity index (χ3v) is 4.87. The molecule has 2 aromatic rings. The van der Waals surface area contributed by atoms with Crippen molar-refractivity contribution in [2.45, 2.75) is 18.1 Å². The number of Topliss-reactive ketones (excluding diaryl/α,β-unsaturated/α-hetero) is 1. The second-order valence-electron chi connectivity index (χ2n) is 5.03. The van der Waals surface area contributed by atoms with Crippen molar-refractivity contribution in [3.8, 4) is 0 Å². The van der Waals surface area contributed by atoms with Gasteiger partial charge in [0.25, 0.3) is 0 Å². The first-order valence-corrected chi connectivity index (χ1v) is 8.64. The number of hydrogen-bond acceptors (Lipinski definition) is 4. The zero-order chi connectivity index (χ0) is 16.7. The number of carbonyl (C=O) groups is 2. The Bertz CT molecular complexity index is 656. The normalized spacial score (nSPS) is 11.9. The molecule has 0 amide bonds. The Balaban J connectivity index is 2.10. The molecule has 0 aliphatic rings. The molecule has 3 nitrogen and oxygen atoms in total. The van der Waals surface area contributed by atoms with E-state index in [1.165, 1.54) is 11.8 Å². The van der Waals surface area contributed by atoms with E-state index in [2.05, 4.69) is 0 Å². The highest BCUT2D eigenvalue weighted by atomic mass is 35.5. The molecule has 0 saturated carbocycles. The minimum Gasteiger partial charge on any atom is -0.550 e. The van der Waals surface area contributed by atoms with Gasteiger partial charge in [-0.15, -0.1) is 0 Å². The second kappa shape index (κ2) is 8.75. The number of aliphatic carboxylic acids is 1. The molecule has 0 bridgehead atoms. The fraction of sp³-hybridized carbons (Fsp3) is 0.222. The van der Waals surface area contributed by atoms with E-state index in [4.69, 9.17) is 11.6 Å². The van der Waals surface area contributed by atoms with Gasteiger partial charge in [0.15, 0.2) is 5.78 Å². The minimum atomic E-state index is -1.08. The number of halogens is 1. The van der Waals surface area contributed by atoms with Crippen LogP contribution in [0, 0.1) is 0 Å². The Morgan fingerprint density at radius 1 is 1.04 bits per heavy atom. The van der Waals surface area contributed by atoms with Gasteiger partial charge in [-0.3, -0.25) is 4.79 Å². The van der Waals surface area contributed by atoms with E-state index in [9.17, 15) is 14.7 Å². The Hall–Kier alpha value is -1.78. The number of carbonyl (C=O) groups excluding carboxylic acids is 2. The number of thioether (sulfide) groups is 1. The zero-order valence-electron chi connectivity index (χ0n) is 12.4. The molecule has 5 heteroatoms. The van der Waals surface area contributed by atoms with Crippen LogP contribution >= 0.6 is 23.4 Å². The number of hydrogen-bond donors (Lipinski definition) is 0. The van der Waals surface area contributed by atoms with Crippen LogP contribution in [0.15, 0.2) is 54.6 Å². The molecular formula is C18H16ClO3S-. The van der Waals surface area contributed by atoms with Crippen molar-refractivity contribution in [1.29, 1.82) is 0 Å². The van der Waals surface area contributed by atoms with Crippen molar-refractivity contribution in [3.63, 3.8) is 0 Å². The first-order valence-electron chi connectivity index (χ1n) is 7.21. The van der Waals surface area contributed by atoms with Crippen molar-refractivity contribution >= 4 is 35.1 Å². The molecule has 0 radical (unpaired) electrons. The molecule has 0 aliphatic carbocycles. The standard InChI is InChI=1S/C18H17ClO3S/c19-15-8-6-14(7-9-15)17(23-11-10-18(21)22)12-16(20)13-4-2-1-3-5-13/h1-9,17H,10-12H2,(H,21,22)/p-1/t17-/m0/s1. The smallest absolute Gasteiger partial charge is 0.164 e. The Labute approximate surface area is 144 Å². The van der Waals surface area contributed by atoms with Crippen LogP contribution in [0.4, 0.5) is 0 Å². The maximum atomic E-state index is 12.4. The molecule has 2 rings (SSSR count). The largest absolute Gasteiger partial charge is 0.550 e. The van der Waals surface area contributed by atoms with Gasteiger partial charge in [0, 0.05) is 28.2 Å². The lowest BCUT2D eigenvalue weighted by Gasteiger charge is -2.17. The molecule has 0 spiro atoms. The lowest BCUT2D eigenvalue weighted by molar-refractivity contribution is -0.305. The Kier molecular flexibility index (Phi) is 6.68. The van der Waals surface area contributed by atoms with Crippen LogP contribution in [0.25, 0.3) is 0 Å². The molecule has 2 aromatic carbocycles. The first-order chi connectivity index (χ1) is 11.1. The highest BCUT2D eigenvalue weighted by Crippen LogP contribution is 2.34. The van der Waals surface area contributed by atoms with Gasteiger partial charge >= 0.3 is 0 Å². The van der Waals surface area contributed by atoms with Gasteiger partial charge in [-0.05, 0) is 29.9 Å². The summed E-state index contributed by atoms with van der Waals surface area (Å²) >= 11 is 7.35. The van der Waals surface area contributed by atoms with Crippen LogP contribution in [-0.4, -0.2) is 17.5 Å². The average molecular weight is 348 g/mol. The van der Waals surface area contributed by atoms with Crippen LogP contribution in [-0.2, 0) is 4.79 Å². The maximum Gasteiger partial charge on any atom is 0.164 e. The molecule has 0 heterocycles. The van der Waals surface area contributed by atoms with Crippen molar-refractivity contribution < 1.29 is 14.7 Å². The van der Waals surface area contributed by atoms with Crippen LogP contribution in [0.5, 0.6) is 0 Å². The van der Waals surface area contributed by atoms with Gasteiger partial charge in [0.2, 0.25) is 0 Å². The minimum absolute atomic E-state index is 0.0334. The molecule has 0 N–H and O–H groups in total. The average Bonchev–Trinajstić information content (AvgIpc) is 2.55. The van der Waals surface area contributed by atoms with Gasteiger partial charge in [-0.1, -0.05) is 54.1 Å². The number of ketones is 1. The third kappa shape index (κ3) is 5.73. The zero-order valence-corrected chi connectivity index (χ0v) is 14.0. The van der Waals surface area contributed by atoms with Crippen molar-refractivity contribution in [2.24, 2.45) is 0 Å². The van der Waals surface area contributed by atoms with E-state index in [1.54, 1.807) is 24.3 Å². The van der Waals surface area contributed by atoms with Gasteiger partial charge in [0.1, 0.15) is 0 Å². The highest BCUT2D eigenvalue weighted by Gasteiger charge is 2.17. The number of carboxylic acids is 1. The van der Waals surface area contributed by atoms with Crippen LogP contribution in [0.3, 0.4) is 0 Å². The molecule has 0 saturated heterocycles. The topological polar surface area (TPSA) is 57.2 Å². The Morgan fingerprint density at radius 2 is 1.70 bits per heavy atom. The number of rotatable bonds is 8. The summed E-state index contributed by atoms with van der Waals surface area (Å²) in [5, 5.41) is 11.1. The van der Waals surface area contributed by atoms with E-state index in [0.29, 0.717) is 22.8 Å². The molecule has 0 unspecified atom stereocenters. The predicted octanol–water partition coefficient (Wildman–Crippen LogP) is 3.53.